The van der Waals surface area contributed by atoms with Crippen LogP contribution in [0.25, 0.3) is 16.8 Å². The molecule has 0 radical (unpaired) electrons. The van der Waals surface area contributed by atoms with Crippen LogP contribution in [0.1, 0.15) is 11.4 Å². The molecule has 0 atom stereocenters. The third kappa shape index (κ3) is 2.23. The van der Waals surface area contributed by atoms with Gasteiger partial charge in [-0.3, -0.25) is 15.1 Å². The zero-order chi connectivity index (χ0) is 15.1. The summed E-state index contributed by atoms with van der Waals surface area (Å²) in [5, 5.41) is 25.5. The fraction of sp³-hybridized carbons (Fsp3) is 0.154. The summed E-state index contributed by atoms with van der Waals surface area (Å²) in [6.07, 6.45) is 3.20. The van der Waals surface area contributed by atoms with Crippen LogP contribution >= 0.6 is 12.4 Å². The molecule has 22 heavy (non-hydrogen) atoms. The van der Waals surface area contributed by atoms with Crippen molar-refractivity contribution in [1.29, 1.82) is 0 Å². The van der Waals surface area contributed by atoms with E-state index in [9.17, 15) is 15.2 Å². The number of rotatable bonds is 2. The van der Waals surface area contributed by atoms with Gasteiger partial charge in [0.05, 0.1) is 16.2 Å². The topological polar surface area (TPSA) is 106 Å². The molecule has 0 saturated carbocycles. The van der Waals surface area contributed by atoms with Crippen LogP contribution < -0.4 is 0 Å². The van der Waals surface area contributed by atoms with E-state index in [0.717, 1.165) is 4.52 Å². The Bertz CT molecular complexity index is 863. The van der Waals surface area contributed by atoms with Crippen LogP contribution in [0.3, 0.4) is 0 Å². The minimum absolute atomic E-state index is 0. The molecule has 0 amide bonds. The molecule has 8 nitrogen and oxygen atoms in total. The molecule has 1 N–H and O–H groups in total. The second kappa shape index (κ2) is 5.57. The van der Waals surface area contributed by atoms with Crippen molar-refractivity contribution in [1.82, 2.24) is 19.6 Å². The van der Waals surface area contributed by atoms with Gasteiger partial charge in [-0.2, -0.15) is 9.61 Å². The molecule has 0 saturated heterocycles. The second-order valence-corrected chi connectivity index (χ2v) is 4.56. The average Bonchev–Trinajstić information content (AvgIpc) is 2.76. The predicted octanol–water partition coefficient (Wildman–Crippen LogP) is 2.44. The standard InChI is InChI=1S/C13H11N5O3.ClH/c1-7-10(9-4-3-5-14-6-9)13(19)17-12(15-7)11(18(20)21)8(2)16-17;/h3-6,19H,1-2H3;1H. The number of hydrogen-bond acceptors (Lipinski definition) is 6. The zero-order valence-corrected chi connectivity index (χ0v) is 12.5. The summed E-state index contributed by atoms with van der Waals surface area (Å²) < 4.78 is 1.09. The SMILES string of the molecule is Cc1nc2c([N+](=O)[O-])c(C)nn2c(O)c1-c1cccnc1.Cl. The molecule has 0 fully saturated rings. The largest absolute Gasteiger partial charge is 0.493 e. The fourth-order valence-corrected chi connectivity index (χ4v) is 2.30. The number of fused-ring (bicyclic) bond motifs is 1. The highest BCUT2D eigenvalue weighted by atomic mass is 35.5. The van der Waals surface area contributed by atoms with E-state index in [0.29, 0.717) is 16.8 Å². The van der Waals surface area contributed by atoms with Crippen molar-refractivity contribution in [2.45, 2.75) is 13.8 Å². The van der Waals surface area contributed by atoms with Crippen LogP contribution in [0.15, 0.2) is 24.5 Å². The first-order chi connectivity index (χ1) is 10.0. The van der Waals surface area contributed by atoms with E-state index in [1.54, 1.807) is 31.5 Å². The minimum Gasteiger partial charge on any atom is -0.493 e. The van der Waals surface area contributed by atoms with Crippen LogP contribution in [-0.4, -0.2) is 29.6 Å². The van der Waals surface area contributed by atoms with E-state index in [4.69, 9.17) is 0 Å². The Morgan fingerprint density at radius 1 is 1.32 bits per heavy atom. The van der Waals surface area contributed by atoms with Crippen LogP contribution in [-0.2, 0) is 0 Å². The van der Waals surface area contributed by atoms with Gasteiger partial charge in [-0.25, -0.2) is 4.98 Å². The van der Waals surface area contributed by atoms with Crippen molar-refractivity contribution >= 4 is 23.7 Å². The molecular weight excluding hydrogens is 310 g/mol. The van der Waals surface area contributed by atoms with E-state index in [1.165, 1.54) is 6.92 Å². The molecule has 0 aliphatic heterocycles. The number of aryl methyl sites for hydroxylation is 2. The van der Waals surface area contributed by atoms with E-state index >= 15 is 0 Å². The van der Waals surface area contributed by atoms with Crippen molar-refractivity contribution in [3.63, 3.8) is 0 Å². The van der Waals surface area contributed by atoms with Crippen molar-refractivity contribution in [3.8, 4) is 17.0 Å². The van der Waals surface area contributed by atoms with Gasteiger partial charge in [-0.15, -0.1) is 12.4 Å². The summed E-state index contributed by atoms with van der Waals surface area (Å²) in [6.45, 7) is 3.18. The molecule has 9 heteroatoms. The predicted molar refractivity (Wildman–Crippen MR) is 81.3 cm³/mol. The maximum absolute atomic E-state index is 11.1. The summed E-state index contributed by atoms with van der Waals surface area (Å²) in [7, 11) is 0. The quantitative estimate of drug-likeness (QED) is 0.574. The first kappa shape index (κ1) is 15.6. The highest BCUT2D eigenvalue weighted by Crippen LogP contribution is 2.34. The van der Waals surface area contributed by atoms with Gasteiger partial charge in [0.2, 0.25) is 11.5 Å². The first-order valence-corrected chi connectivity index (χ1v) is 6.14. The third-order valence-electron chi connectivity index (χ3n) is 3.20. The molecule has 0 spiro atoms. The van der Waals surface area contributed by atoms with Crippen LogP contribution in [0, 0.1) is 24.0 Å². The normalized spacial score (nSPS) is 10.5. The number of aromatic hydroxyl groups is 1. The molecule has 3 aromatic heterocycles. The average molecular weight is 322 g/mol. The molecular formula is C13H12ClN5O3. The van der Waals surface area contributed by atoms with Crippen LogP contribution in [0.5, 0.6) is 5.88 Å². The number of pyridine rings is 1. The Morgan fingerprint density at radius 2 is 2.05 bits per heavy atom. The number of hydrogen-bond donors (Lipinski definition) is 1. The molecule has 0 unspecified atom stereocenters. The molecule has 3 heterocycles. The van der Waals surface area contributed by atoms with Gasteiger partial charge in [0.25, 0.3) is 0 Å². The Labute approximate surface area is 131 Å². The Balaban J connectivity index is 0.00000176. The number of halogens is 1. The van der Waals surface area contributed by atoms with E-state index < -0.39 is 4.92 Å². The lowest BCUT2D eigenvalue weighted by molar-refractivity contribution is -0.383. The van der Waals surface area contributed by atoms with Crippen LogP contribution in [0.4, 0.5) is 5.69 Å². The van der Waals surface area contributed by atoms with Gasteiger partial charge < -0.3 is 5.11 Å². The third-order valence-corrected chi connectivity index (χ3v) is 3.20. The lowest BCUT2D eigenvalue weighted by Crippen LogP contribution is -1.99. The minimum atomic E-state index is -0.548. The van der Waals surface area contributed by atoms with Gasteiger partial charge in [-0.1, -0.05) is 6.07 Å². The first-order valence-electron chi connectivity index (χ1n) is 6.14. The lowest BCUT2D eigenvalue weighted by Gasteiger charge is -2.08. The molecule has 114 valence electrons. The van der Waals surface area contributed by atoms with Gasteiger partial charge in [0.1, 0.15) is 5.69 Å². The molecule has 3 rings (SSSR count). The molecule has 0 aromatic carbocycles. The van der Waals surface area contributed by atoms with Crippen molar-refractivity contribution in [3.05, 3.63) is 46.0 Å². The van der Waals surface area contributed by atoms with Crippen molar-refractivity contribution < 1.29 is 10.0 Å². The summed E-state index contributed by atoms with van der Waals surface area (Å²) in [5.74, 6) is -0.193. The summed E-state index contributed by atoms with van der Waals surface area (Å²) in [5.41, 5.74) is 1.61. The lowest BCUT2D eigenvalue weighted by atomic mass is 10.1. The highest BCUT2D eigenvalue weighted by Gasteiger charge is 2.26. The van der Waals surface area contributed by atoms with E-state index in [2.05, 4.69) is 15.1 Å². The maximum atomic E-state index is 11.1. The zero-order valence-electron chi connectivity index (χ0n) is 11.7. The molecule has 0 aliphatic rings. The Kier molecular flexibility index (Phi) is 3.96. The Hall–Kier alpha value is -2.74. The summed E-state index contributed by atoms with van der Waals surface area (Å²) in [6, 6.07) is 3.50. The fourth-order valence-electron chi connectivity index (χ4n) is 2.30. The molecule has 0 bridgehead atoms. The second-order valence-electron chi connectivity index (χ2n) is 4.56. The number of nitro groups is 1. The van der Waals surface area contributed by atoms with Crippen molar-refractivity contribution in [2.75, 3.05) is 0 Å². The summed E-state index contributed by atoms with van der Waals surface area (Å²) in [4.78, 5) is 18.8. The molecule has 0 aliphatic carbocycles. The number of aromatic nitrogens is 4. The maximum Gasteiger partial charge on any atom is 0.336 e. The van der Waals surface area contributed by atoms with Gasteiger partial charge in [-0.05, 0) is 19.9 Å². The monoisotopic (exact) mass is 321 g/mol. The Morgan fingerprint density at radius 3 is 2.64 bits per heavy atom. The van der Waals surface area contributed by atoms with E-state index in [1.807, 2.05) is 0 Å². The van der Waals surface area contributed by atoms with E-state index in [-0.39, 0.29) is 35.3 Å². The van der Waals surface area contributed by atoms with Crippen molar-refractivity contribution in [2.24, 2.45) is 0 Å². The van der Waals surface area contributed by atoms with Gasteiger partial charge in [0.15, 0.2) is 0 Å². The molecule has 3 aromatic rings. The smallest absolute Gasteiger partial charge is 0.336 e. The van der Waals surface area contributed by atoms with Gasteiger partial charge in [0, 0.05) is 18.0 Å². The van der Waals surface area contributed by atoms with Gasteiger partial charge >= 0.3 is 5.69 Å². The number of nitrogens with zero attached hydrogens (tertiary/aromatic N) is 5. The van der Waals surface area contributed by atoms with Crippen LogP contribution in [0.2, 0.25) is 0 Å². The summed E-state index contributed by atoms with van der Waals surface area (Å²) >= 11 is 0. The highest BCUT2D eigenvalue weighted by molar-refractivity contribution is 5.85.